The molecule has 2 N–H and O–H groups in total. The van der Waals surface area contributed by atoms with Crippen LogP contribution in [0.15, 0.2) is 59.4 Å². The van der Waals surface area contributed by atoms with Crippen LogP contribution in [0.1, 0.15) is 28.8 Å². The highest BCUT2D eigenvalue weighted by atomic mass is 19.1. The summed E-state index contributed by atoms with van der Waals surface area (Å²) < 4.78 is 13.5. The second kappa shape index (κ2) is 7.74. The molecule has 1 aromatic heterocycles. The lowest BCUT2D eigenvalue weighted by molar-refractivity contribution is -0.121. The molecule has 0 saturated carbocycles. The van der Waals surface area contributed by atoms with Crippen molar-refractivity contribution >= 4 is 22.6 Å². The van der Waals surface area contributed by atoms with Crippen molar-refractivity contribution in [2.24, 2.45) is 0 Å². The Labute approximate surface area is 148 Å². The van der Waals surface area contributed by atoms with Gasteiger partial charge in [0.1, 0.15) is 5.82 Å². The van der Waals surface area contributed by atoms with E-state index in [9.17, 15) is 18.8 Å². The zero-order chi connectivity index (χ0) is 18.5. The van der Waals surface area contributed by atoms with Crippen LogP contribution in [-0.2, 0) is 11.3 Å². The molecule has 0 radical (unpaired) electrons. The van der Waals surface area contributed by atoms with Gasteiger partial charge in [-0.3, -0.25) is 14.4 Å². The van der Waals surface area contributed by atoms with Crippen LogP contribution >= 0.6 is 0 Å². The molecule has 0 unspecified atom stereocenters. The van der Waals surface area contributed by atoms with Crippen LogP contribution in [-0.4, -0.2) is 16.7 Å². The number of fused-ring (bicyclic) bond motifs is 1. The zero-order valence-electron chi connectivity index (χ0n) is 13.9. The number of carbonyl (C=O) groups is 2. The van der Waals surface area contributed by atoms with Crippen LogP contribution < -0.4 is 10.9 Å². The van der Waals surface area contributed by atoms with E-state index in [0.717, 1.165) is 10.9 Å². The third-order valence-corrected chi connectivity index (χ3v) is 4.06. The number of nitrogens with one attached hydrogen (secondary N) is 2. The van der Waals surface area contributed by atoms with Gasteiger partial charge in [-0.1, -0.05) is 30.3 Å². The van der Waals surface area contributed by atoms with Gasteiger partial charge < -0.3 is 10.3 Å². The van der Waals surface area contributed by atoms with Crippen molar-refractivity contribution in [1.29, 1.82) is 0 Å². The molecule has 0 aliphatic rings. The van der Waals surface area contributed by atoms with Gasteiger partial charge >= 0.3 is 0 Å². The average molecular weight is 352 g/mol. The molecule has 132 valence electrons. The van der Waals surface area contributed by atoms with Crippen molar-refractivity contribution in [2.45, 2.75) is 19.4 Å². The maximum atomic E-state index is 13.5. The molecule has 5 nitrogen and oxygen atoms in total. The monoisotopic (exact) mass is 352 g/mol. The van der Waals surface area contributed by atoms with E-state index in [-0.39, 0.29) is 36.4 Å². The lowest BCUT2D eigenvalue weighted by Gasteiger charge is -2.06. The summed E-state index contributed by atoms with van der Waals surface area (Å²) >= 11 is 0. The normalized spacial score (nSPS) is 10.7. The summed E-state index contributed by atoms with van der Waals surface area (Å²) in [6.45, 7) is 0.0624. The van der Waals surface area contributed by atoms with Crippen LogP contribution in [0.3, 0.4) is 0 Å². The molecule has 0 spiro atoms. The van der Waals surface area contributed by atoms with E-state index in [4.69, 9.17) is 0 Å². The van der Waals surface area contributed by atoms with Gasteiger partial charge in [-0.2, -0.15) is 0 Å². The highest BCUT2D eigenvalue weighted by Crippen LogP contribution is 2.11. The maximum Gasteiger partial charge on any atom is 0.253 e. The molecule has 1 amide bonds. The number of hydrogen-bond acceptors (Lipinski definition) is 3. The number of pyridine rings is 1. The van der Waals surface area contributed by atoms with Crippen molar-refractivity contribution in [1.82, 2.24) is 10.3 Å². The minimum Gasteiger partial charge on any atom is -0.352 e. The maximum absolute atomic E-state index is 13.5. The summed E-state index contributed by atoms with van der Waals surface area (Å²) in [5.41, 5.74) is 0.859. The van der Waals surface area contributed by atoms with Gasteiger partial charge in [0.15, 0.2) is 5.78 Å². The topological polar surface area (TPSA) is 79.0 Å². The van der Waals surface area contributed by atoms with Crippen molar-refractivity contribution in [3.05, 3.63) is 81.9 Å². The van der Waals surface area contributed by atoms with Crippen LogP contribution in [0.5, 0.6) is 0 Å². The molecule has 26 heavy (non-hydrogen) atoms. The van der Waals surface area contributed by atoms with E-state index in [2.05, 4.69) is 10.3 Å². The van der Waals surface area contributed by atoms with Crippen LogP contribution in [0.25, 0.3) is 10.9 Å². The van der Waals surface area contributed by atoms with Gasteiger partial charge in [0.2, 0.25) is 5.91 Å². The van der Waals surface area contributed by atoms with Crippen molar-refractivity contribution in [2.75, 3.05) is 0 Å². The molecule has 2 aromatic carbocycles. The lowest BCUT2D eigenvalue weighted by Crippen LogP contribution is -2.27. The van der Waals surface area contributed by atoms with Crippen molar-refractivity contribution in [3.8, 4) is 0 Å². The number of para-hydroxylation sites is 1. The molecule has 0 aliphatic heterocycles. The fraction of sp³-hybridized carbons (Fsp3) is 0.150. The summed E-state index contributed by atoms with van der Waals surface area (Å²) in [5.74, 6) is -1.40. The molecule has 1 heterocycles. The molecule has 0 bridgehead atoms. The quantitative estimate of drug-likeness (QED) is 0.670. The Morgan fingerprint density at radius 3 is 2.54 bits per heavy atom. The Kier molecular flexibility index (Phi) is 5.22. The van der Waals surface area contributed by atoms with E-state index in [1.54, 1.807) is 18.2 Å². The number of aromatic nitrogens is 1. The van der Waals surface area contributed by atoms with E-state index in [1.807, 2.05) is 18.2 Å². The third kappa shape index (κ3) is 4.03. The lowest BCUT2D eigenvalue weighted by atomic mass is 10.1. The number of carbonyl (C=O) groups excluding carboxylic acids is 2. The number of rotatable bonds is 6. The SMILES string of the molecule is O=C(CCC(=O)c1ccccc1F)NCc1cc2ccccc2[nH]c1=O. The number of amides is 1. The summed E-state index contributed by atoms with van der Waals surface area (Å²) in [6, 6.07) is 14.7. The average Bonchev–Trinajstić information content (AvgIpc) is 2.64. The molecular formula is C20H17FN2O3. The van der Waals surface area contributed by atoms with E-state index in [1.165, 1.54) is 18.2 Å². The van der Waals surface area contributed by atoms with Gasteiger partial charge in [-0.25, -0.2) is 4.39 Å². The van der Waals surface area contributed by atoms with Crippen LogP contribution in [0.4, 0.5) is 4.39 Å². The number of halogens is 1. The minimum atomic E-state index is -0.597. The Bertz CT molecular complexity index is 1030. The number of H-pyrrole nitrogens is 1. The Balaban J connectivity index is 1.58. The molecular weight excluding hydrogens is 335 g/mol. The van der Waals surface area contributed by atoms with Gasteiger partial charge in [0.05, 0.1) is 5.56 Å². The Hall–Kier alpha value is -3.28. The zero-order valence-corrected chi connectivity index (χ0v) is 13.9. The highest BCUT2D eigenvalue weighted by Gasteiger charge is 2.13. The van der Waals surface area contributed by atoms with E-state index >= 15 is 0 Å². The standard InChI is InChI=1S/C20H17FN2O3/c21-16-7-3-2-6-15(16)18(24)9-10-19(25)22-12-14-11-13-5-1-4-8-17(13)23-20(14)26/h1-8,11H,9-10,12H2,(H,22,25)(H,23,26). The van der Waals surface area contributed by atoms with Crippen LogP contribution in [0, 0.1) is 5.82 Å². The summed E-state index contributed by atoms with van der Waals surface area (Å²) in [5, 5.41) is 3.49. The second-order valence-electron chi connectivity index (χ2n) is 5.89. The first-order chi connectivity index (χ1) is 12.5. The predicted molar refractivity (Wildman–Crippen MR) is 96.4 cm³/mol. The number of benzene rings is 2. The molecule has 0 fully saturated rings. The van der Waals surface area contributed by atoms with Crippen molar-refractivity contribution in [3.63, 3.8) is 0 Å². The first kappa shape index (κ1) is 17.5. The number of Topliss-reactive ketones (excluding diaryl/α,β-unsaturated/α-hetero) is 1. The molecule has 0 saturated heterocycles. The summed E-state index contributed by atoms with van der Waals surface area (Å²) in [6.07, 6.45) is -0.167. The largest absolute Gasteiger partial charge is 0.352 e. The Morgan fingerprint density at radius 1 is 1.00 bits per heavy atom. The second-order valence-corrected chi connectivity index (χ2v) is 5.89. The predicted octanol–water partition coefficient (Wildman–Crippen LogP) is 2.95. The van der Waals surface area contributed by atoms with Gasteiger partial charge in [-0.15, -0.1) is 0 Å². The van der Waals surface area contributed by atoms with Crippen molar-refractivity contribution < 1.29 is 14.0 Å². The molecule has 3 rings (SSSR count). The summed E-state index contributed by atoms with van der Waals surface area (Å²) in [4.78, 5) is 38.7. The first-order valence-electron chi connectivity index (χ1n) is 8.20. The molecule has 6 heteroatoms. The van der Waals surface area contributed by atoms with E-state index in [0.29, 0.717) is 5.56 Å². The highest BCUT2D eigenvalue weighted by molar-refractivity contribution is 5.98. The fourth-order valence-electron chi connectivity index (χ4n) is 2.66. The summed E-state index contributed by atoms with van der Waals surface area (Å²) in [7, 11) is 0. The van der Waals surface area contributed by atoms with Crippen LogP contribution in [0.2, 0.25) is 0 Å². The van der Waals surface area contributed by atoms with Gasteiger partial charge in [0.25, 0.3) is 5.56 Å². The smallest absolute Gasteiger partial charge is 0.253 e. The fourth-order valence-corrected chi connectivity index (χ4v) is 2.66. The van der Waals surface area contributed by atoms with E-state index < -0.39 is 11.6 Å². The Morgan fingerprint density at radius 2 is 1.73 bits per heavy atom. The third-order valence-electron chi connectivity index (χ3n) is 4.06. The number of ketones is 1. The van der Waals surface area contributed by atoms with Gasteiger partial charge in [-0.05, 0) is 29.7 Å². The number of aromatic amines is 1. The molecule has 3 aromatic rings. The number of hydrogen-bond donors (Lipinski definition) is 2. The molecule has 0 atom stereocenters. The molecule has 0 aliphatic carbocycles. The van der Waals surface area contributed by atoms with Gasteiger partial charge in [0, 0.05) is 30.5 Å². The minimum absolute atomic E-state index is 0.0220. The first-order valence-corrected chi connectivity index (χ1v) is 8.20.